The molecule has 0 spiro atoms. The Morgan fingerprint density at radius 2 is 1.46 bits per heavy atom. The van der Waals surface area contributed by atoms with E-state index in [1.807, 2.05) is 0 Å². The lowest BCUT2D eigenvalue weighted by molar-refractivity contribution is 0.274. The highest BCUT2D eigenvalue weighted by Gasteiger charge is 2.10. The van der Waals surface area contributed by atoms with Gasteiger partial charge in [-0.2, -0.15) is 0 Å². The molecule has 0 heterocycles. The topological polar surface area (TPSA) is 20.2 Å². The van der Waals surface area contributed by atoms with E-state index < -0.39 is 0 Å². The largest absolute Gasteiger partial charge is 0.382 e. The van der Waals surface area contributed by atoms with Gasteiger partial charge in [-0.05, 0) is 17.3 Å². The highest BCUT2D eigenvalue weighted by molar-refractivity contribution is 14.1. The molecule has 0 radical (unpaired) electrons. The minimum absolute atomic E-state index is 0.174. The van der Waals surface area contributed by atoms with Crippen LogP contribution in [0, 0.1) is 0 Å². The molecule has 4 heteroatoms. The second-order valence-corrected chi connectivity index (χ2v) is 7.09. The maximum Gasteiger partial charge on any atom is 0.117 e. The molecule has 0 aliphatic rings. The van der Waals surface area contributed by atoms with Gasteiger partial charge >= 0.3 is 0 Å². The van der Waals surface area contributed by atoms with E-state index in [4.69, 9.17) is 0 Å². The number of halogens is 3. The molecule has 0 aromatic rings. The Hall–Kier alpha value is 2.15. The summed E-state index contributed by atoms with van der Waals surface area (Å²) in [4.78, 5) is 0. The van der Waals surface area contributed by atoms with E-state index in [1.165, 1.54) is 36.5 Å². The van der Waals surface area contributed by atoms with Gasteiger partial charge < -0.3 is 5.11 Å². The zero-order valence-corrected chi connectivity index (χ0v) is 14.2. The summed E-state index contributed by atoms with van der Waals surface area (Å²) in [6.07, 6.45) is 7.87. The Morgan fingerprint density at radius 3 is 2.00 bits per heavy atom. The number of hydrogen-bond acceptors (Lipinski definition) is 1. The van der Waals surface area contributed by atoms with Crippen molar-refractivity contribution in [3.8, 4) is 0 Å². The number of alkyl halides is 3. The van der Waals surface area contributed by atoms with E-state index in [0.717, 1.165) is 6.42 Å². The maximum atomic E-state index is 9.24. The fourth-order valence-corrected chi connectivity index (χ4v) is 2.44. The number of hydrogen-bond donors (Lipinski definition) is 1. The molecular formula is C9H17I3O. The summed E-state index contributed by atoms with van der Waals surface area (Å²) in [5, 5.41) is 9.24. The third kappa shape index (κ3) is 10.4. The fraction of sp³-hybridized carbons (Fsp3) is 1.00. The summed E-state index contributed by atoms with van der Waals surface area (Å²) < 4.78 is 1.55. The zero-order chi connectivity index (χ0) is 10.1. The van der Waals surface area contributed by atoms with E-state index in [2.05, 4.69) is 67.8 Å². The van der Waals surface area contributed by atoms with Gasteiger partial charge in [0.1, 0.15) is 4.11 Å². The van der Waals surface area contributed by atoms with Crippen molar-refractivity contribution < 1.29 is 5.11 Å². The van der Waals surface area contributed by atoms with Gasteiger partial charge in [0.05, 0.1) is 0 Å². The monoisotopic (exact) mass is 522 g/mol. The van der Waals surface area contributed by atoms with Crippen molar-refractivity contribution in [1.29, 1.82) is 0 Å². The van der Waals surface area contributed by atoms with Gasteiger partial charge in [-0.15, -0.1) is 0 Å². The van der Waals surface area contributed by atoms with Crippen molar-refractivity contribution in [2.75, 3.05) is 4.43 Å². The SMILES string of the molecule is OC(I)C(I)CCCCCCCI. The zero-order valence-electron chi connectivity index (χ0n) is 7.69. The molecule has 2 atom stereocenters. The summed E-state index contributed by atoms with van der Waals surface area (Å²) in [7, 11) is 0. The quantitative estimate of drug-likeness (QED) is 0.287. The third-order valence-electron chi connectivity index (χ3n) is 1.91. The fourth-order valence-electron chi connectivity index (χ4n) is 1.10. The van der Waals surface area contributed by atoms with Crippen molar-refractivity contribution in [2.24, 2.45) is 0 Å². The predicted molar refractivity (Wildman–Crippen MR) is 84.4 cm³/mol. The number of aliphatic hydroxyl groups is 1. The standard InChI is InChI=1S/C9H17I3O/c10-7-5-3-1-2-4-6-8(11)9(12)13/h8-9,13H,1-7H2. The summed E-state index contributed by atoms with van der Waals surface area (Å²) >= 11 is 6.86. The summed E-state index contributed by atoms with van der Waals surface area (Å²) in [5.41, 5.74) is 0. The molecule has 1 nitrogen and oxygen atoms in total. The average molecular weight is 522 g/mol. The molecule has 0 aromatic carbocycles. The van der Waals surface area contributed by atoms with Crippen LogP contribution in [0.3, 0.4) is 0 Å². The lowest BCUT2D eigenvalue weighted by atomic mass is 10.1. The molecule has 0 bridgehead atoms. The highest BCUT2D eigenvalue weighted by atomic mass is 127. The molecule has 0 aliphatic heterocycles. The second-order valence-electron chi connectivity index (χ2n) is 3.13. The first-order valence-electron chi connectivity index (χ1n) is 4.70. The first-order valence-corrected chi connectivity index (χ1v) is 8.72. The lowest BCUT2D eigenvalue weighted by Gasteiger charge is -2.10. The smallest absolute Gasteiger partial charge is 0.117 e. The Kier molecular flexibility index (Phi) is 12.4. The van der Waals surface area contributed by atoms with Crippen LogP contribution < -0.4 is 0 Å². The van der Waals surface area contributed by atoms with Gasteiger partial charge in [0.2, 0.25) is 0 Å². The van der Waals surface area contributed by atoms with Crippen LogP contribution in [-0.2, 0) is 0 Å². The summed E-state index contributed by atoms with van der Waals surface area (Å²) in [6, 6.07) is 0. The van der Waals surface area contributed by atoms with Crippen LogP contribution in [0.15, 0.2) is 0 Å². The van der Waals surface area contributed by atoms with Gasteiger partial charge in [-0.3, -0.25) is 0 Å². The van der Waals surface area contributed by atoms with Crippen LogP contribution in [-0.4, -0.2) is 17.6 Å². The van der Waals surface area contributed by atoms with Crippen LogP contribution >= 0.6 is 67.8 Å². The minimum atomic E-state index is -0.174. The van der Waals surface area contributed by atoms with E-state index in [1.54, 1.807) is 0 Å². The van der Waals surface area contributed by atoms with Crippen molar-refractivity contribution in [2.45, 2.75) is 46.6 Å². The molecule has 80 valence electrons. The van der Waals surface area contributed by atoms with E-state index >= 15 is 0 Å². The number of unbranched alkanes of at least 4 members (excludes halogenated alkanes) is 4. The maximum absolute atomic E-state index is 9.24. The second kappa shape index (κ2) is 10.7. The molecule has 0 rings (SSSR count). The number of rotatable bonds is 8. The van der Waals surface area contributed by atoms with Gasteiger partial charge in [0.25, 0.3) is 0 Å². The van der Waals surface area contributed by atoms with Crippen LogP contribution in [0.25, 0.3) is 0 Å². The van der Waals surface area contributed by atoms with Gasteiger partial charge in [-0.1, -0.05) is 93.5 Å². The lowest BCUT2D eigenvalue weighted by Crippen LogP contribution is -2.11. The van der Waals surface area contributed by atoms with Crippen LogP contribution in [0.1, 0.15) is 38.5 Å². The molecule has 0 fully saturated rings. The molecule has 0 aliphatic carbocycles. The molecular weight excluding hydrogens is 505 g/mol. The highest BCUT2D eigenvalue weighted by Crippen LogP contribution is 2.19. The molecule has 0 saturated heterocycles. The van der Waals surface area contributed by atoms with Gasteiger partial charge in [-0.25, -0.2) is 0 Å². The average Bonchev–Trinajstić information content (AvgIpc) is 2.10. The molecule has 0 saturated carbocycles. The Bertz CT molecular complexity index is 109. The molecule has 2 unspecified atom stereocenters. The third-order valence-corrected chi connectivity index (χ3v) is 6.22. The predicted octanol–water partition coefficient (Wildman–Crippen LogP) is 4.32. The molecule has 1 N–H and O–H groups in total. The van der Waals surface area contributed by atoms with Crippen molar-refractivity contribution in [3.05, 3.63) is 0 Å². The van der Waals surface area contributed by atoms with Crippen molar-refractivity contribution in [1.82, 2.24) is 0 Å². The Balaban J connectivity index is 3.07. The summed E-state index contributed by atoms with van der Waals surface area (Å²) in [6.45, 7) is 0. The Morgan fingerprint density at radius 1 is 0.923 bits per heavy atom. The van der Waals surface area contributed by atoms with Crippen LogP contribution in [0.5, 0.6) is 0 Å². The van der Waals surface area contributed by atoms with Gasteiger partial charge in [0.15, 0.2) is 0 Å². The molecule has 0 aromatic heterocycles. The first-order chi connectivity index (χ1) is 6.18. The van der Waals surface area contributed by atoms with E-state index in [9.17, 15) is 5.11 Å². The van der Waals surface area contributed by atoms with Crippen LogP contribution in [0.4, 0.5) is 0 Å². The molecule has 13 heavy (non-hydrogen) atoms. The minimum Gasteiger partial charge on any atom is -0.382 e. The normalized spacial score (nSPS) is 15.7. The Labute approximate surface area is 122 Å². The summed E-state index contributed by atoms with van der Waals surface area (Å²) in [5.74, 6) is 0. The van der Waals surface area contributed by atoms with Crippen molar-refractivity contribution in [3.63, 3.8) is 0 Å². The van der Waals surface area contributed by atoms with E-state index in [-0.39, 0.29) is 4.11 Å². The number of aliphatic hydroxyl groups excluding tert-OH is 1. The van der Waals surface area contributed by atoms with Gasteiger partial charge in [0, 0.05) is 3.92 Å². The van der Waals surface area contributed by atoms with E-state index in [0.29, 0.717) is 3.92 Å². The molecule has 0 amide bonds. The first kappa shape index (κ1) is 15.2. The van der Waals surface area contributed by atoms with Crippen molar-refractivity contribution >= 4 is 67.8 Å². The van der Waals surface area contributed by atoms with Crippen LogP contribution in [0.2, 0.25) is 0 Å².